The molecule has 5 heterocycles. The fourth-order valence-electron chi connectivity index (χ4n) is 12.2. The molecule has 3 spiro atoms. The zero-order valence-electron chi connectivity index (χ0n) is 40.8. The first-order valence-corrected chi connectivity index (χ1v) is 25.9. The number of rotatable bonds is 5. The molecule has 5 nitrogen and oxygen atoms in total. The molecule has 5 aliphatic heterocycles. The maximum atomic E-state index is 2.66. The lowest BCUT2D eigenvalue weighted by molar-refractivity contribution is -0.0465. The van der Waals surface area contributed by atoms with Crippen molar-refractivity contribution >= 4 is 0 Å². The summed E-state index contributed by atoms with van der Waals surface area (Å²) in [7, 11) is 0. The molecular weight excluding hydrogens is 707 g/mol. The van der Waals surface area contributed by atoms with Crippen molar-refractivity contribution in [3.05, 3.63) is 0 Å². The van der Waals surface area contributed by atoms with Crippen molar-refractivity contribution < 1.29 is 0 Å². The third-order valence-corrected chi connectivity index (χ3v) is 16.5. The topological polar surface area (TPSA) is 16.2 Å². The molecule has 3 saturated carbocycles. The SMILES string of the molecule is C.CC(C)N1CC2(CCCCC2)C1.CC(C)N1CCC2(CCCC2)C1.CC(C)N1CCC2(CCCC2)C1.CC(C)N1CCCCCC1.CC1CCCCN(C(C)C)C1. The molecule has 0 amide bonds. The minimum Gasteiger partial charge on any atom is -0.301 e. The smallest absolute Gasteiger partial charge is 0.00532 e. The van der Waals surface area contributed by atoms with E-state index in [1.165, 1.54) is 207 Å². The summed E-state index contributed by atoms with van der Waals surface area (Å²) in [5, 5.41) is 0. The third-order valence-electron chi connectivity index (χ3n) is 16.5. The average Bonchev–Trinajstić information content (AvgIpc) is 3.95. The molecule has 0 aromatic carbocycles. The summed E-state index contributed by atoms with van der Waals surface area (Å²) in [4.78, 5) is 13.1. The molecule has 58 heavy (non-hydrogen) atoms. The van der Waals surface area contributed by atoms with Gasteiger partial charge in [-0.2, -0.15) is 0 Å². The molecule has 5 heteroatoms. The standard InChI is InChI=1S/3C11H21N.C10H21N.C9H19N.CH4/c2*1-10(2)12-8-7-11(9-12)5-3-4-6-11;1-10(2)12-8-11(9-12)6-4-3-5-7-11;1-9(2)11-7-5-4-6-10(3)8-11;1-9(2)10-7-5-3-4-6-8-10;/h3*10H,3-9H2,1-2H3;9-10H,4-8H2,1-3H3;9H,3-8H2,1-2H3;1H4. The van der Waals surface area contributed by atoms with E-state index in [4.69, 9.17) is 0 Å². The Balaban J connectivity index is 0.000000194. The first kappa shape index (κ1) is 52.1. The molecular formula is C53H107N5. The van der Waals surface area contributed by atoms with Crippen LogP contribution in [-0.4, -0.2) is 120 Å². The normalized spacial score (nSPS) is 27.6. The zero-order chi connectivity index (χ0) is 41.5. The summed E-state index contributed by atoms with van der Waals surface area (Å²) in [6.45, 7) is 39.1. The van der Waals surface area contributed by atoms with Gasteiger partial charge in [-0.25, -0.2) is 0 Å². The van der Waals surface area contributed by atoms with E-state index in [9.17, 15) is 0 Å². The second-order valence-corrected chi connectivity index (χ2v) is 22.8. The van der Waals surface area contributed by atoms with Crippen molar-refractivity contribution in [2.24, 2.45) is 22.2 Å². The van der Waals surface area contributed by atoms with E-state index in [0.29, 0.717) is 0 Å². The molecule has 0 N–H and O–H groups in total. The molecule has 0 radical (unpaired) electrons. The van der Waals surface area contributed by atoms with Crippen LogP contribution < -0.4 is 0 Å². The second kappa shape index (κ2) is 25.8. The van der Waals surface area contributed by atoms with Gasteiger partial charge in [-0.3, -0.25) is 4.90 Å². The molecule has 0 bridgehead atoms. The van der Waals surface area contributed by atoms with Crippen LogP contribution in [0.25, 0.3) is 0 Å². The van der Waals surface area contributed by atoms with Gasteiger partial charge in [0.2, 0.25) is 0 Å². The Morgan fingerprint density at radius 1 is 0.328 bits per heavy atom. The fourth-order valence-corrected chi connectivity index (χ4v) is 12.2. The maximum absolute atomic E-state index is 2.66. The van der Waals surface area contributed by atoms with Crippen molar-refractivity contribution in [1.29, 1.82) is 0 Å². The Bertz CT molecular complexity index is 995. The minimum absolute atomic E-state index is 0. The van der Waals surface area contributed by atoms with Gasteiger partial charge >= 0.3 is 0 Å². The van der Waals surface area contributed by atoms with Gasteiger partial charge in [0.1, 0.15) is 0 Å². The number of nitrogens with zero attached hydrogens (tertiary/aromatic N) is 5. The van der Waals surface area contributed by atoms with Gasteiger partial charge in [0.15, 0.2) is 0 Å². The molecule has 0 aromatic rings. The predicted octanol–water partition coefficient (Wildman–Crippen LogP) is 13.4. The molecule has 5 saturated heterocycles. The zero-order valence-corrected chi connectivity index (χ0v) is 40.8. The van der Waals surface area contributed by atoms with E-state index in [0.717, 1.165) is 52.4 Å². The lowest BCUT2D eigenvalue weighted by atomic mass is 9.68. The Morgan fingerprint density at radius 2 is 0.655 bits per heavy atom. The monoisotopic (exact) mass is 814 g/mol. The molecule has 8 aliphatic rings. The highest BCUT2D eigenvalue weighted by Crippen LogP contribution is 2.47. The van der Waals surface area contributed by atoms with E-state index < -0.39 is 0 Å². The summed E-state index contributed by atoms with van der Waals surface area (Å²) < 4.78 is 0. The van der Waals surface area contributed by atoms with Crippen LogP contribution in [0.15, 0.2) is 0 Å². The predicted molar refractivity (Wildman–Crippen MR) is 258 cm³/mol. The van der Waals surface area contributed by atoms with Crippen LogP contribution in [-0.2, 0) is 0 Å². The van der Waals surface area contributed by atoms with Gasteiger partial charge in [-0.1, -0.05) is 78.6 Å². The number of likely N-dealkylation sites (tertiary alicyclic amines) is 5. The summed E-state index contributed by atoms with van der Waals surface area (Å²) in [6.07, 6.45) is 32.5. The van der Waals surface area contributed by atoms with Crippen LogP contribution in [0.4, 0.5) is 0 Å². The van der Waals surface area contributed by atoms with Gasteiger partial charge in [-0.15, -0.1) is 0 Å². The van der Waals surface area contributed by atoms with Crippen molar-refractivity contribution in [3.8, 4) is 0 Å². The lowest BCUT2D eigenvalue weighted by Gasteiger charge is -2.54. The highest BCUT2D eigenvalue weighted by atomic mass is 15.2. The van der Waals surface area contributed by atoms with Crippen LogP contribution in [0, 0.1) is 22.2 Å². The van der Waals surface area contributed by atoms with Crippen LogP contribution >= 0.6 is 0 Å². The molecule has 8 rings (SSSR count). The summed E-state index contributed by atoms with van der Waals surface area (Å²) in [5.74, 6) is 0.917. The highest BCUT2D eigenvalue weighted by molar-refractivity contribution is 4.98. The number of hydrogen-bond acceptors (Lipinski definition) is 5. The van der Waals surface area contributed by atoms with Crippen LogP contribution in [0.5, 0.6) is 0 Å². The Morgan fingerprint density at radius 3 is 1.05 bits per heavy atom. The highest BCUT2D eigenvalue weighted by Gasteiger charge is 2.44. The Kier molecular flexibility index (Phi) is 23.2. The van der Waals surface area contributed by atoms with Crippen LogP contribution in [0.1, 0.15) is 225 Å². The van der Waals surface area contributed by atoms with Crippen LogP contribution in [0.3, 0.4) is 0 Å². The van der Waals surface area contributed by atoms with Crippen molar-refractivity contribution in [2.75, 3.05) is 65.4 Å². The molecule has 1 atom stereocenters. The van der Waals surface area contributed by atoms with Gasteiger partial charge in [0.05, 0.1) is 0 Å². The van der Waals surface area contributed by atoms with E-state index in [2.05, 4.69) is 101 Å². The van der Waals surface area contributed by atoms with Gasteiger partial charge in [0.25, 0.3) is 0 Å². The van der Waals surface area contributed by atoms with Crippen molar-refractivity contribution in [3.63, 3.8) is 0 Å². The van der Waals surface area contributed by atoms with E-state index in [-0.39, 0.29) is 7.43 Å². The molecule has 8 fully saturated rings. The minimum atomic E-state index is 0. The van der Waals surface area contributed by atoms with E-state index >= 15 is 0 Å². The molecule has 344 valence electrons. The fraction of sp³-hybridized carbons (Fsp3) is 1.00. The number of hydrogen-bond donors (Lipinski definition) is 0. The summed E-state index contributed by atoms with van der Waals surface area (Å²) in [5.41, 5.74) is 2.32. The Labute approximate surface area is 365 Å². The lowest BCUT2D eigenvalue weighted by Crippen LogP contribution is -2.59. The summed E-state index contributed by atoms with van der Waals surface area (Å²) >= 11 is 0. The van der Waals surface area contributed by atoms with E-state index in [1.807, 2.05) is 0 Å². The molecule has 1 unspecified atom stereocenters. The quantitative estimate of drug-likeness (QED) is 0.274. The van der Waals surface area contributed by atoms with E-state index in [1.54, 1.807) is 0 Å². The van der Waals surface area contributed by atoms with Crippen LogP contribution in [0.2, 0.25) is 0 Å². The third kappa shape index (κ3) is 16.8. The Hall–Kier alpha value is -0.200. The summed E-state index contributed by atoms with van der Waals surface area (Å²) in [6, 6.07) is 3.82. The second-order valence-electron chi connectivity index (χ2n) is 22.8. The average molecular weight is 814 g/mol. The first-order chi connectivity index (χ1) is 27.2. The first-order valence-electron chi connectivity index (χ1n) is 25.9. The molecule has 0 aromatic heterocycles. The van der Waals surface area contributed by atoms with Gasteiger partial charge in [0, 0.05) is 62.9 Å². The largest absolute Gasteiger partial charge is 0.301 e. The maximum Gasteiger partial charge on any atom is 0.00532 e. The van der Waals surface area contributed by atoms with Crippen molar-refractivity contribution in [1.82, 2.24) is 24.5 Å². The van der Waals surface area contributed by atoms with Gasteiger partial charge < -0.3 is 19.6 Å². The van der Waals surface area contributed by atoms with Crippen molar-refractivity contribution in [2.45, 2.75) is 255 Å². The van der Waals surface area contributed by atoms with Gasteiger partial charge in [-0.05, 0) is 201 Å². The molecule has 3 aliphatic carbocycles.